The molecular formula is C7H6Cl5O4P. The zero-order valence-electron chi connectivity index (χ0n) is 8.09. The molecule has 0 aliphatic rings. The Balaban J connectivity index is 0.000000437. The predicted octanol–water partition coefficient (Wildman–Crippen LogP) is 4.45. The van der Waals surface area contributed by atoms with E-state index in [0.29, 0.717) is 0 Å². The van der Waals surface area contributed by atoms with Crippen LogP contribution in [0.15, 0.2) is 0 Å². The van der Waals surface area contributed by atoms with Gasteiger partial charge in [-0.15, -0.1) is 0 Å². The normalized spacial score (nSPS) is 10.8. The first-order chi connectivity index (χ1) is 7.46. The summed E-state index contributed by atoms with van der Waals surface area (Å²) >= 11 is 27.9. The minimum absolute atomic E-state index is 0.00904. The Morgan fingerprint density at radius 1 is 0.824 bits per heavy atom. The quantitative estimate of drug-likeness (QED) is 0.362. The van der Waals surface area contributed by atoms with Gasteiger partial charge in [-0.3, -0.25) is 4.57 Å². The summed E-state index contributed by atoms with van der Waals surface area (Å²) in [6.45, 7) is 0.854. The Morgan fingerprint density at radius 3 is 1.24 bits per heavy atom. The molecule has 0 atom stereocenters. The summed E-state index contributed by atoms with van der Waals surface area (Å²) in [6, 6.07) is 0. The van der Waals surface area contributed by atoms with E-state index in [2.05, 4.69) is 0 Å². The van der Waals surface area contributed by atoms with E-state index >= 15 is 0 Å². The summed E-state index contributed by atoms with van der Waals surface area (Å²) in [5, 5.41) is 9.01. The van der Waals surface area contributed by atoms with Gasteiger partial charge >= 0.3 is 7.60 Å². The second kappa shape index (κ2) is 6.69. The van der Waals surface area contributed by atoms with Gasteiger partial charge in [0.15, 0.2) is 5.75 Å². The number of halogens is 5. The molecule has 0 saturated carbocycles. The van der Waals surface area contributed by atoms with Crippen LogP contribution in [0.3, 0.4) is 0 Å². The van der Waals surface area contributed by atoms with Crippen LogP contribution in [0.25, 0.3) is 0 Å². The molecular weight excluding hydrogens is 356 g/mol. The molecule has 0 saturated heterocycles. The molecule has 17 heavy (non-hydrogen) atoms. The lowest BCUT2D eigenvalue weighted by molar-refractivity contribution is 0.381. The molecule has 1 aromatic rings. The first-order valence-corrected chi connectivity index (χ1v) is 7.65. The molecule has 1 aromatic carbocycles. The van der Waals surface area contributed by atoms with Crippen molar-refractivity contribution in [2.75, 3.05) is 6.66 Å². The summed E-state index contributed by atoms with van der Waals surface area (Å²) in [5.74, 6) is -0.363. The smallest absolute Gasteiger partial charge is 0.322 e. The third-order valence-electron chi connectivity index (χ3n) is 1.19. The third kappa shape index (κ3) is 5.86. The lowest BCUT2D eigenvalue weighted by Gasteiger charge is -2.06. The molecule has 1 rings (SSSR count). The van der Waals surface area contributed by atoms with Gasteiger partial charge in [-0.1, -0.05) is 58.0 Å². The molecule has 0 bridgehead atoms. The van der Waals surface area contributed by atoms with E-state index in [1.807, 2.05) is 0 Å². The molecule has 0 radical (unpaired) electrons. The maximum atomic E-state index is 9.33. The standard InChI is InChI=1S/C6HCl5O.CH5O3P/c7-1-2(8)4(10)6(12)5(11)3(1)9;1-5(2,3)4/h12H;1H3,(H2,2,3,4). The van der Waals surface area contributed by atoms with Crippen molar-refractivity contribution in [3.63, 3.8) is 0 Å². The fourth-order valence-electron chi connectivity index (χ4n) is 0.593. The van der Waals surface area contributed by atoms with Crippen molar-refractivity contribution in [2.24, 2.45) is 0 Å². The van der Waals surface area contributed by atoms with Crippen LogP contribution in [0.1, 0.15) is 0 Å². The number of benzene rings is 1. The predicted molar refractivity (Wildman–Crippen MR) is 71.1 cm³/mol. The van der Waals surface area contributed by atoms with Crippen LogP contribution in [-0.4, -0.2) is 21.6 Å². The average Bonchev–Trinajstić information content (AvgIpc) is 2.18. The van der Waals surface area contributed by atoms with E-state index in [0.717, 1.165) is 6.66 Å². The SMILES string of the molecule is CP(=O)(O)O.Oc1c(Cl)c(Cl)c(Cl)c(Cl)c1Cl. The largest absolute Gasteiger partial charge is 0.505 e. The number of hydrogen-bond donors (Lipinski definition) is 3. The lowest BCUT2D eigenvalue weighted by atomic mass is 10.3. The molecule has 0 unspecified atom stereocenters. The fourth-order valence-corrected chi connectivity index (χ4v) is 1.72. The van der Waals surface area contributed by atoms with Crippen molar-refractivity contribution < 1.29 is 19.5 Å². The molecule has 0 aliphatic heterocycles. The van der Waals surface area contributed by atoms with Gasteiger partial charge in [0.05, 0.1) is 15.1 Å². The molecule has 0 amide bonds. The molecule has 3 N–H and O–H groups in total. The Labute approximate surface area is 122 Å². The number of hydrogen-bond acceptors (Lipinski definition) is 2. The molecule has 98 valence electrons. The summed E-state index contributed by atoms with van der Waals surface area (Å²) in [5.41, 5.74) is 0. The highest BCUT2D eigenvalue weighted by Gasteiger charge is 2.18. The molecule has 0 fully saturated rings. The van der Waals surface area contributed by atoms with Crippen LogP contribution >= 0.6 is 65.6 Å². The van der Waals surface area contributed by atoms with Gasteiger partial charge in [0.2, 0.25) is 0 Å². The van der Waals surface area contributed by atoms with Gasteiger partial charge < -0.3 is 14.9 Å². The van der Waals surface area contributed by atoms with Crippen molar-refractivity contribution in [3.05, 3.63) is 25.1 Å². The molecule has 0 aliphatic carbocycles. The molecule has 0 aromatic heterocycles. The van der Waals surface area contributed by atoms with E-state index in [4.69, 9.17) is 67.8 Å². The molecule has 4 nitrogen and oxygen atoms in total. The number of rotatable bonds is 0. The molecule has 0 spiro atoms. The third-order valence-corrected chi connectivity index (χ3v) is 3.44. The summed E-state index contributed by atoms with van der Waals surface area (Å²) < 4.78 is 9.33. The number of phenols is 1. The topological polar surface area (TPSA) is 77.8 Å². The second-order valence-corrected chi connectivity index (χ2v) is 6.31. The first kappa shape index (κ1) is 17.6. The molecule has 10 heteroatoms. The lowest BCUT2D eigenvalue weighted by Crippen LogP contribution is -1.78. The minimum atomic E-state index is -3.64. The Morgan fingerprint density at radius 2 is 1.00 bits per heavy atom. The van der Waals surface area contributed by atoms with Gasteiger partial charge in [-0.2, -0.15) is 0 Å². The van der Waals surface area contributed by atoms with E-state index in [-0.39, 0.29) is 30.9 Å². The van der Waals surface area contributed by atoms with Gasteiger partial charge in [0.1, 0.15) is 10.0 Å². The highest BCUT2D eigenvalue weighted by molar-refractivity contribution is 7.50. The van der Waals surface area contributed by atoms with Crippen molar-refractivity contribution in [1.29, 1.82) is 0 Å². The summed E-state index contributed by atoms with van der Waals surface area (Å²) in [6.07, 6.45) is 0. The van der Waals surface area contributed by atoms with E-state index < -0.39 is 7.60 Å². The average molecular weight is 362 g/mol. The highest BCUT2D eigenvalue weighted by Crippen LogP contribution is 2.47. The van der Waals surface area contributed by atoms with Crippen molar-refractivity contribution in [1.82, 2.24) is 0 Å². The Bertz CT molecular complexity index is 359. The van der Waals surface area contributed by atoms with Crippen LogP contribution in [0, 0.1) is 0 Å². The van der Waals surface area contributed by atoms with Crippen LogP contribution in [0.2, 0.25) is 25.1 Å². The zero-order chi connectivity index (χ0) is 14.0. The molecule has 0 heterocycles. The summed E-state index contributed by atoms with van der Waals surface area (Å²) in [7, 11) is -3.64. The second-order valence-electron chi connectivity index (χ2n) is 2.75. The van der Waals surface area contributed by atoms with Gasteiger partial charge in [-0.25, -0.2) is 0 Å². The van der Waals surface area contributed by atoms with E-state index in [9.17, 15) is 9.67 Å². The maximum absolute atomic E-state index is 9.33. The Kier molecular flexibility index (Phi) is 6.93. The van der Waals surface area contributed by atoms with Gasteiger partial charge in [0.25, 0.3) is 0 Å². The van der Waals surface area contributed by atoms with Crippen LogP contribution in [-0.2, 0) is 4.57 Å². The highest BCUT2D eigenvalue weighted by atomic mass is 35.5. The number of aromatic hydroxyl groups is 1. The summed E-state index contributed by atoms with van der Waals surface area (Å²) in [4.78, 5) is 15.3. The van der Waals surface area contributed by atoms with E-state index in [1.54, 1.807) is 0 Å². The minimum Gasteiger partial charge on any atom is -0.505 e. The monoisotopic (exact) mass is 360 g/mol. The van der Waals surface area contributed by atoms with Gasteiger partial charge in [0, 0.05) is 6.66 Å². The van der Waals surface area contributed by atoms with Crippen LogP contribution in [0.5, 0.6) is 5.75 Å². The van der Waals surface area contributed by atoms with Crippen molar-refractivity contribution in [3.8, 4) is 5.75 Å². The van der Waals surface area contributed by atoms with Crippen molar-refractivity contribution >= 4 is 65.6 Å². The zero-order valence-corrected chi connectivity index (χ0v) is 12.8. The van der Waals surface area contributed by atoms with Crippen LogP contribution in [0.4, 0.5) is 0 Å². The van der Waals surface area contributed by atoms with Crippen LogP contribution < -0.4 is 0 Å². The van der Waals surface area contributed by atoms with Crippen molar-refractivity contribution in [2.45, 2.75) is 0 Å². The van der Waals surface area contributed by atoms with Gasteiger partial charge in [-0.05, 0) is 0 Å². The Hall–Kier alpha value is 0.620. The van der Waals surface area contributed by atoms with E-state index in [1.165, 1.54) is 0 Å². The number of phenolic OH excluding ortho intramolecular Hbond substituents is 1. The maximum Gasteiger partial charge on any atom is 0.322 e. The fraction of sp³-hybridized carbons (Fsp3) is 0.143. The first-order valence-electron chi connectivity index (χ1n) is 3.70.